The Kier molecular flexibility index (Phi) is 9.17. The van der Waals surface area contributed by atoms with Gasteiger partial charge in [0.25, 0.3) is 5.91 Å². The molecule has 6 rings (SSSR count). The van der Waals surface area contributed by atoms with Gasteiger partial charge in [-0.1, -0.05) is 31.7 Å². The number of anilines is 1. The van der Waals surface area contributed by atoms with Crippen molar-refractivity contribution in [3.8, 4) is 17.2 Å². The van der Waals surface area contributed by atoms with Crippen LogP contribution in [-0.4, -0.2) is 61.5 Å². The first-order valence-electron chi connectivity index (χ1n) is 14.7. The third-order valence-corrected chi connectivity index (χ3v) is 8.38. The van der Waals surface area contributed by atoms with Crippen LogP contribution in [0.2, 0.25) is 0 Å². The van der Waals surface area contributed by atoms with Gasteiger partial charge in [0.1, 0.15) is 23.4 Å². The van der Waals surface area contributed by atoms with Gasteiger partial charge in [-0.15, -0.1) is 0 Å². The number of allylic oxidation sites excluding steroid dienone is 1. The van der Waals surface area contributed by atoms with Crippen LogP contribution in [0.15, 0.2) is 60.7 Å². The van der Waals surface area contributed by atoms with Crippen molar-refractivity contribution in [2.75, 3.05) is 44.4 Å². The summed E-state index contributed by atoms with van der Waals surface area (Å²) in [4.78, 5) is 16.6. The van der Waals surface area contributed by atoms with Gasteiger partial charge in [0, 0.05) is 26.2 Å². The summed E-state index contributed by atoms with van der Waals surface area (Å²) >= 11 is 0. The minimum atomic E-state index is -0.279. The molecule has 0 aromatic heterocycles. The van der Waals surface area contributed by atoms with Crippen LogP contribution in [0.4, 0.5) is 10.1 Å². The third kappa shape index (κ3) is 6.02. The van der Waals surface area contributed by atoms with Gasteiger partial charge in [0.05, 0.1) is 12.4 Å². The Bertz CT molecular complexity index is 1450. The van der Waals surface area contributed by atoms with Crippen LogP contribution < -0.4 is 14.4 Å². The molecule has 0 radical (unpaired) electrons. The standard InChI is InChI=1S/C34H37FN2O4.CH4/c1-2-37-31-20-25(9-14-32(31)40-22-33(37)39)29-6-3-5-24-19-26(38)10-13-30(24)34(29)23-7-11-27(12-8-23)41-28-15-18-36(21-28)17-4-16-35;/h7-14,19-20,28,38H,2-6,15-18,21-22H2,1H3;1H4/t28-;/m0./s1. The molecule has 1 atom stereocenters. The van der Waals surface area contributed by atoms with Crippen LogP contribution in [0.3, 0.4) is 0 Å². The van der Waals surface area contributed by atoms with Crippen molar-refractivity contribution >= 4 is 22.7 Å². The van der Waals surface area contributed by atoms with Crippen molar-refractivity contribution in [1.82, 2.24) is 4.90 Å². The Labute approximate surface area is 248 Å². The molecule has 6 nitrogen and oxygen atoms in total. The van der Waals surface area contributed by atoms with Gasteiger partial charge in [-0.25, -0.2) is 0 Å². The van der Waals surface area contributed by atoms with Crippen LogP contribution in [0.1, 0.15) is 62.3 Å². The van der Waals surface area contributed by atoms with E-state index in [1.807, 2.05) is 37.3 Å². The van der Waals surface area contributed by atoms with E-state index < -0.39 is 0 Å². The lowest BCUT2D eigenvalue weighted by Gasteiger charge is -2.29. The van der Waals surface area contributed by atoms with E-state index in [1.165, 1.54) is 5.57 Å². The Balaban J connectivity index is 0.00000353. The molecule has 0 saturated carbocycles. The topological polar surface area (TPSA) is 62.2 Å². The first-order valence-corrected chi connectivity index (χ1v) is 14.7. The lowest BCUT2D eigenvalue weighted by atomic mass is 9.87. The zero-order valence-corrected chi connectivity index (χ0v) is 23.6. The second-order valence-electron chi connectivity index (χ2n) is 11.1. The smallest absolute Gasteiger partial charge is 0.265 e. The summed E-state index contributed by atoms with van der Waals surface area (Å²) in [5.74, 6) is 1.80. The molecule has 1 N–H and O–H groups in total. The number of likely N-dealkylation sites (tertiary alicyclic amines) is 1. The van der Waals surface area contributed by atoms with Crippen molar-refractivity contribution in [1.29, 1.82) is 0 Å². The number of phenols is 1. The predicted octanol–water partition coefficient (Wildman–Crippen LogP) is 6.88. The summed E-state index contributed by atoms with van der Waals surface area (Å²) in [7, 11) is 0. The second-order valence-corrected chi connectivity index (χ2v) is 11.1. The van der Waals surface area contributed by atoms with Gasteiger partial charge in [-0.05, 0) is 109 Å². The van der Waals surface area contributed by atoms with E-state index in [4.69, 9.17) is 9.47 Å². The summed E-state index contributed by atoms with van der Waals surface area (Å²) in [6.45, 7) is 4.90. The number of nitrogens with zero attached hydrogens (tertiary/aromatic N) is 2. The highest BCUT2D eigenvalue weighted by atomic mass is 19.1. The Morgan fingerprint density at radius 2 is 1.86 bits per heavy atom. The molecule has 42 heavy (non-hydrogen) atoms. The minimum absolute atomic E-state index is 0. The van der Waals surface area contributed by atoms with Crippen molar-refractivity contribution in [3.63, 3.8) is 0 Å². The number of benzene rings is 3. The quantitative estimate of drug-likeness (QED) is 0.319. The molecular weight excluding hydrogens is 531 g/mol. The maximum atomic E-state index is 12.6. The Morgan fingerprint density at radius 3 is 2.64 bits per heavy atom. The first-order chi connectivity index (χ1) is 20.0. The highest BCUT2D eigenvalue weighted by Gasteiger charge is 2.27. The first kappa shape index (κ1) is 29.6. The average molecular weight is 573 g/mol. The number of aromatic hydroxyl groups is 1. The number of phenolic OH excluding ortho intramolecular Hbond substituents is 1. The maximum Gasteiger partial charge on any atom is 0.265 e. The zero-order valence-electron chi connectivity index (χ0n) is 23.6. The Hall–Kier alpha value is -3.84. The van der Waals surface area contributed by atoms with Gasteiger partial charge in [0.15, 0.2) is 6.61 Å². The molecule has 2 aliphatic heterocycles. The normalized spacial score (nSPS) is 18.6. The molecule has 2 heterocycles. The van der Waals surface area contributed by atoms with E-state index in [2.05, 4.69) is 29.2 Å². The van der Waals surface area contributed by atoms with E-state index in [0.717, 1.165) is 90.3 Å². The second kappa shape index (κ2) is 13.0. The SMILES string of the molecule is C.CCN1C(=O)COc2ccc(C3=C(c4ccc(O[C@H]5CCN(CCCF)C5)cc4)c4ccc(O)cc4CCC3)cc21. The molecule has 1 aliphatic carbocycles. The number of halogens is 1. The molecular formula is C35H41FN2O4. The molecule has 1 fully saturated rings. The summed E-state index contributed by atoms with van der Waals surface area (Å²) in [6.07, 6.45) is 4.30. The molecule has 1 amide bonds. The number of ether oxygens (including phenoxy) is 2. The summed E-state index contributed by atoms with van der Waals surface area (Å²) in [5.41, 5.74) is 7.53. The molecule has 3 aromatic carbocycles. The average Bonchev–Trinajstić information content (AvgIpc) is 3.34. The Morgan fingerprint density at radius 1 is 1.05 bits per heavy atom. The van der Waals surface area contributed by atoms with E-state index in [-0.39, 0.29) is 38.5 Å². The van der Waals surface area contributed by atoms with E-state index in [1.54, 1.807) is 11.0 Å². The van der Waals surface area contributed by atoms with Crippen molar-refractivity contribution in [3.05, 3.63) is 82.9 Å². The van der Waals surface area contributed by atoms with Gasteiger partial charge >= 0.3 is 0 Å². The van der Waals surface area contributed by atoms with Crippen LogP contribution in [-0.2, 0) is 11.2 Å². The van der Waals surface area contributed by atoms with Crippen LogP contribution >= 0.6 is 0 Å². The van der Waals surface area contributed by atoms with Crippen LogP contribution in [0, 0.1) is 0 Å². The zero-order chi connectivity index (χ0) is 28.3. The third-order valence-electron chi connectivity index (χ3n) is 8.38. The highest BCUT2D eigenvalue weighted by molar-refractivity contribution is 6.02. The number of carbonyl (C=O) groups is 1. The molecule has 0 bridgehead atoms. The number of amides is 1. The number of hydrogen-bond donors (Lipinski definition) is 1. The van der Waals surface area contributed by atoms with Gasteiger partial charge in [-0.2, -0.15) is 0 Å². The maximum absolute atomic E-state index is 12.6. The molecule has 222 valence electrons. The van der Waals surface area contributed by atoms with Crippen LogP contribution in [0.25, 0.3) is 11.1 Å². The lowest BCUT2D eigenvalue weighted by Crippen LogP contribution is -2.38. The fourth-order valence-corrected chi connectivity index (χ4v) is 6.40. The molecule has 0 spiro atoms. The molecule has 7 heteroatoms. The summed E-state index contributed by atoms with van der Waals surface area (Å²) in [5, 5.41) is 10.3. The number of aryl methyl sites for hydroxylation is 1. The lowest BCUT2D eigenvalue weighted by molar-refractivity contribution is -0.121. The predicted molar refractivity (Wildman–Crippen MR) is 166 cm³/mol. The van der Waals surface area contributed by atoms with E-state index >= 15 is 0 Å². The fraction of sp³-hybridized carbons (Fsp3) is 0.400. The highest BCUT2D eigenvalue weighted by Crippen LogP contribution is 2.43. The molecule has 0 unspecified atom stereocenters. The van der Waals surface area contributed by atoms with Crippen molar-refractivity contribution in [2.24, 2.45) is 0 Å². The number of hydrogen-bond acceptors (Lipinski definition) is 5. The largest absolute Gasteiger partial charge is 0.508 e. The summed E-state index contributed by atoms with van der Waals surface area (Å²) < 4.78 is 24.6. The molecule has 3 aliphatic rings. The monoisotopic (exact) mass is 572 g/mol. The van der Waals surface area contributed by atoms with Crippen LogP contribution in [0.5, 0.6) is 17.2 Å². The van der Waals surface area contributed by atoms with E-state index in [9.17, 15) is 14.3 Å². The van der Waals surface area contributed by atoms with Crippen molar-refractivity contribution in [2.45, 2.75) is 52.6 Å². The number of likely N-dealkylation sites (N-methyl/N-ethyl adjacent to an activating group) is 1. The van der Waals surface area contributed by atoms with E-state index in [0.29, 0.717) is 13.0 Å². The number of carbonyl (C=O) groups excluding carboxylic acids is 1. The molecule has 3 aromatic rings. The summed E-state index contributed by atoms with van der Waals surface area (Å²) in [6, 6.07) is 20.1. The number of alkyl halides is 1. The fourth-order valence-electron chi connectivity index (χ4n) is 6.40. The molecule has 1 saturated heterocycles. The van der Waals surface area contributed by atoms with Gasteiger partial charge in [-0.3, -0.25) is 14.1 Å². The minimum Gasteiger partial charge on any atom is -0.508 e. The number of fused-ring (bicyclic) bond motifs is 2. The number of rotatable bonds is 8. The van der Waals surface area contributed by atoms with Gasteiger partial charge < -0.3 is 19.5 Å². The van der Waals surface area contributed by atoms with Crippen molar-refractivity contribution < 1.29 is 23.8 Å². The van der Waals surface area contributed by atoms with Gasteiger partial charge in [0.2, 0.25) is 0 Å².